The van der Waals surface area contributed by atoms with Gasteiger partial charge in [-0.1, -0.05) is 49.0 Å². The van der Waals surface area contributed by atoms with E-state index in [-0.39, 0.29) is 30.5 Å². The lowest BCUT2D eigenvalue weighted by molar-refractivity contribution is -0.194. The number of nitrogens with one attached hydrogen (secondary N) is 2. The first kappa shape index (κ1) is 35.0. The van der Waals surface area contributed by atoms with Crippen molar-refractivity contribution in [2.75, 3.05) is 37.7 Å². The van der Waals surface area contributed by atoms with E-state index in [4.69, 9.17) is 4.74 Å². The summed E-state index contributed by atoms with van der Waals surface area (Å²) in [5, 5.41) is 10.2. The second kappa shape index (κ2) is 13.6. The van der Waals surface area contributed by atoms with Crippen LogP contribution in [-0.2, 0) is 27.0 Å². The van der Waals surface area contributed by atoms with Gasteiger partial charge in [0.2, 0.25) is 11.7 Å². The first-order valence-corrected chi connectivity index (χ1v) is 16.9. The Morgan fingerprint density at radius 3 is 2.52 bits per heavy atom. The van der Waals surface area contributed by atoms with Crippen molar-refractivity contribution in [3.8, 4) is 5.69 Å². The number of likely N-dealkylation sites (N-methyl/N-ethyl adjacent to an activating group) is 1. The number of fused-ring (bicyclic) bond motifs is 1. The van der Waals surface area contributed by atoms with Gasteiger partial charge in [-0.2, -0.15) is 18.3 Å². The number of anilines is 1. The van der Waals surface area contributed by atoms with Crippen LogP contribution in [0.5, 0.6) is 0 Å². The third-order valence-corrected chi connectivity index (χ3v) is 9.98. The predicted octanol–water partition coefficient (Wildman–Crippen LogP) is 3.87. The van der Waals surface area contributed by atoms with Crippen molar-refractivity contribution in [2.45, 2.75) is 44.6 Å². The van der Waals surface area contributed by atoms with Crippen LogP contribution in [0.15, 0.2) is 85.2 Å². The largest absolute Gasteiger partial charge is 0.433 e. The van der Waals surface area contributed by atoms with Crippen molar-refractivity contribution < 1.29 is 32.3 Å². The maximum absolute atomic E-state index is 14.3. The zero-order valence-electron chi connectivity index (χ0n) is 28.6. The quantitative estimate of drug-likeness (QED) is 0.237. The van der Waals surface area contributed by atoms with E-state index >= 15 is 0 Å². The minimum Gasteiger partial charge on any atom is -0.380 e. The minimum atomic E-state index is -4.80. The summed E-state index contributed by atoms with van der Waals surface area (Å²) in [6.45, 7) is 11.4. The standard InChI is InChI=1S/C37H37F3N8O4/c1-4-47-34-27(17-43-48(34)26-11-6-5-7-12-26)29(30(35(47)51)45-33(50)31-41-14-13-28(44-31)37(38,39)40)25-10-8-9-24(15-25)16-42-32(49)22(2)23(3)46-18-36(19-46)20-52-21-36/h5-15,17,23,29-30H,2,4,16,18-21H2,1,3H3,(H,42,49)(H,45,50)/t23?,29-,30-/m0/s1. The molecular weight excluding hydrogens is 677 g/mol. The van der Waals surface area contributed by atoms with E-state index in [1.165, 1.54) is 4.90 Å². The highest BCUT2D eigenvalue weighted by Crippen LogP contribution is 2.42. The predicted molar refractivity (Wildman–Crippen MR) is 183 cm³/mol. The van der Waals surface area contributed by atoms with Crippen molar-refractivity contribution in [2.24, 2.45) is 5.41 Å². The Morgan fingerprint density at radius 1 is 1.10 bits per heavy atom. The van der Waals surface area contributed by atoms with Crippen LogP contribution in [0, 0.1) is 5.41 Å². The molecule has 2 aromatic carbocycles. The summed E-state index contributed by atoms with van der Waals surface area (Å²) < 4.78 is 47.3. The third-order valence-electron chi connectivity index (χ3n) is 9.98. The first-order valence-electron chi connectivity index (χ1n) is 16.9. The number of benzene rings is 2. The molecule has 5 heterocycles. The van der Waals surface area contributed by atoms with Gasteiger partial charge in [0.15, 0.2) is 0 Å². The van der Waals surface area contributed by atoms with Crippen LogP contribution >= 0.6 is 0 Å². The number of aromatic nitrogens is 4. The summed E-state index contributed by atoms with van der Waals surface area (Å²) >= 11 is 0. The van der Waals surface area contributed by atoms with Crippen LogP contribution in [0.2, 0.25) is 0 Å². The number of carbonyl (C=O) groups is 3. The lowest BCUT2D eigenvalue weighted by atomic mass is 9.76. The Bertz CT molecular complexity index is 2020. The van der Waals surface area contributed by atoms with E-state index in [0.29, 0.717) is 34.3 Å². The number of hydrogen-bond donors (Lipinski definition) is 2. The van der Waals surface area contributed by atoms with Gasteiger partial charge in [-0.15, -0.1) is 0 Å². The van der Waals surface area contributed by atoms with Gasteiger partial charge >= 0.3 is 6.18 Å². The maximum atomic E-state index is 14.3. The molecule has 0 bridgehead atoms. The summed E-state index contributed by atoms with van der Waals surface area (Å²) in [5.41, 5.74) is 2.00. The number of likely N-dealkylation sites (tertiary alicyclic amines) is 1. The Hall–Kier alpha value is -5.41. The van der Waals surface area contributed by atoms with Crippen LogP contribution in [0.4, 0.5) is 19.0 Å². The molecule has 0 saturated carbocycles. The fourth-order valence-electron chi connectivity index (χ4n) is 7.12. The number of ether oxygens (including phenoxy) is 1. The van der Waals surface area contributed by atoms with E-state index < -0.39 is 41.5 Å². The third kappa shape index (κ3) is 6.45. The summed E-state index contributed by atoms with van der Waals surface area (Å²) in [6.07, 6.45) is -2.33. The molecule has 2 aromatic heterocycles. The van der Waals surface area contributed by atoms with Crippen molar-refractivity contribution in [1.29, 1.82) is 0 Å². The average Bonchev–Trinajstić information content (AvgIpc) is 3.54. The SMILES string of the molecule is C=C(C(=O)NCc1cccc([C@H]2c3cnn(-c4ccccc4)c3N(CC)C(=O)[C@H]2NC(=O)c2nccc(C(F)(F)F)n2)c1)C(C)N1CC2(COC2)C1. The maximum Gasteiger partial charge on any atom is 0.433 e. The molecule has 15 heteroatoms. The molecule has 52 heavy (non-hydrogen) atoms. The van der Waals surface area contributed by atoms with Gasteiger partial charge in [-0.3, -0.25) is 24.2 Å². The van der Waals surface area contributed by atoms with Crippen molar-refractivity contribution in [3.05, 3.63) is 113 Å². The highest BCUT2D eigenvalue weighted by molar-refractivity contribution is 6.04. The van der Waals surface area contributed by atoms with E-state index in [9.17, 15) is 27.6 Å². The van der Waals surface area contributed by atoms with Crippen LogP contribution in [0.3, 0.4) is 0 Å². The van der Waals surface area contributed by atoms with Crippen LogP contribution in [0.25, 0.3) is 5.69 Å². The minimum absolute atomic E-state index is 0.142. The second-order valence-corrected chi connectivity index (χ2v) is 13.5. The van der Waals surface area contributed by atoms with Gasteiger partial charge < -0.3 is 15.4 Å². The molecule has 4 aromatic rings. The number of halogens is 3. The first-order chi connectivity index (χ1) is 24.9. The Balaban J connectivity index is 1.18. The van der Waals surface area contributed by atoms with Gasteiger partial charge in [0, 0.05) is 60.9 Å². The van der Waals surface area contributed by atoms with Crippen molar-refractivity contribution >= 4 is 23.5 Å². The zero-order chi connectivity index (χ0) is 36.8. The number of alkyl halides is 3. The molecule has 0 aliphatic carbocycles. The lowest BCUT2D eigenvalue weighted by Gasteiger charge is -2.57. The molecule has 3 aliphatic heterocycles. The van der Waals surface area contributed by atoms with E-state index in [1.54, 1.807) is 29.9 Å². The molecule has 1 spiro atoms. The number of rotatable bonds is 10. The Labute approximate surface area is 297 Å². The van der Waals surface area contributed by atoms with Gasteiger partial charge in [-0.05, 0) is 43.2 Å². The summed E-state index contributed by atoms with van der Waals surface area (Å²) in [5.74, 6) is -2.88. The molecule has 2 fully saturated rings. The molecule has 3 atom stereocenters. The normalized spacial score (nSPS) is 20.0. The van der Waals surface area contributed by atoms with Crippen LogP contribution in [0.1, 0.15) is 52.8 Å². The topological polar surface area (TPSA) is 135 Å². The number of amides is 3. The van der Waals surface area contributed by atoms with Gasteiger partial charge in [0.25, 0.3) is 11.8 Å². The number of nitrogens with zero attached hydrogens (tertiary/aromatic N) is 6. The number of carbonyl (C=O) groups excluding carboxylic acids is 3. The second-order valence-electron chi connectivity index (χ2n) is 13.5. The van der Waals surface area contributed by atoms with Gasteiger partial charge in [0.1, 0.15) is 17.6 Å². The Morgan fingerprint density at radius 2 is 1.85 bits per heavy atom. The smallest absolute Gasteiger partial charge is 0.380 e. The number of hydrogen-bond acceptors (Lipinski definition) is 8. The molecule has 12 nitrogen and oxygen atoms in total. The molecule has 1 unspecified atom stereocenters. The van der Waals surface area contributed by atoms with Crippen molar-refractivity contribution in [1.82, 2.24) is 35.3 Å². The van der Waals surface area contributed by atoms with Gasteiger partial charge in [-0.25, -0.2) is 14.6 Å². The molecule has 270 valence electrons. The monoisotopic (exact) mass is 714 g/mol. The summed E-state index contributed by atoms with van der Waals surface area (Å²) in [4.78, 5) is 51.9. The molecule has 2 saturated heterocycles. The average molecular weight is 715 g/mol. The highest BCUT2D eigenvalue weighted by Gasteiger charge is 2.50. The molecule has 0 radical (unpaired) electrons. The van der Waals surface area contributed by atoms with E-state index in [2.05, 4.69) is 37.2 Å². The fraction of sp³-hybridized carbons (Fsp3) is 0.351. The van der Waals surface area contributed by atoms with Gasteiger partial charge in [0.05, 0.1) is 25.1 Å². The van der Waals surface area contributed by atoms with E-state index in [0.717, 1.165) is 38.1 Å². The Kier molecular flexibility index (Phi) is 9.17. The molecule has 3 amide bonds. The number of para-hydroxylation sites is 1. The summed E-state index contributed by atoms with van der Waals surface area (Å²) in [6, 6.07) is 15.7. The zero-order valence-corrected chi connectivity index (χ0v) is 28.6. The van der Waals surface area contributed by atoms with Crippen molar-refractivity contribution in [3.63, 3.8) is 0 Å². The highest BCUT2D eigenvalue weighted by atomic mass is 19.4. The van der Waals surface area contributed by atoms with E-state index in [1.807, 2.05) is 49.4 Å². The van der Waals surface area contributed by atoms with Crippen LogP contribution in [-0.4, -0.2) is 87.3 Å². The molecule has 3 aliphatic rings. The molecular formula is C37H37F3N8O4. The molecule has 7 rings (SSSR count). The lowest BCUT2D eigenvalue weighted by Crippen LogP contribution is -2.68. The van der Waals surface area contributed by atoms with Crippen LogP contribution < -0.4 is 15.5 Å². The molecule has 2 N–H and O–H groups in total. The fourth-order valence-corrected chi connectivity index (χ4v) is 7.12. The summed E-state index contributed by atoms with van der Waals surface area (Å²) in [7, 11) is 0.